The summed E-state index contributed by atoms with van der Waals surface area (Å²) >= 11 is 0. The molecule has 1 saturated heterocycles. The molecule has 4 fully saturated rings. The molecule has 1 aliphatic heterocycles. The van der Waals surface area contributed by atoms with Gasteiger partial charge in [0.25, 0.3) is 0 Å². The van der Waals surface area contributed by atoms with E-state index in [1.54, 1.807) is 0 Å². The number of fused-ring (bicyclic) bond motifs is 3. The van der Waals surface area contributed by atoms with Crippen molar-refractivity contribution in [2.45, 2.75) is 57.5 Å². The average Bonchev–Trinajstić information content (AvgIpc) is 3.03. The molecule has 0 aromatic rings. The van der Waals surface area contributed by atoms with Crippen molar-refractivity contribution in [3.8, 4) is 0 Å². The lowest BCUT2D eigenvalue weighted by Crippen LogP contribution is -2.46. The molecule has 0 aromatic heterocycles. The van der Waals surface area contributed by atoms with Crippen LogP contribution in [0.2, 0.25) is 0 Å². The number of aliphatic hydroxyl groups is 2. The molecule has 114 valence electrons. The van der Waals surface area contributed by atoms with Gasteiger partial charge >= 0.3 is 0 Å². The Morgan fingerprint density at radius 1 is 1.00 bits per heavy atom. The fourth-order valence-electron chi connectivity index (χ4n) is 6.00. The van der Waals surface area contributed by atoms with Crippen LogP contribution in [0.15, 0.2) is 0 Å². The van der Waals surface area contributed by atoms with Crippen molar-refractivity contribution in [2.24, 2.45) is 29.1 Å². The highest BCUT2D eigenvalue weighted by Crippen LogP contribution is 2.69. The number of aliphatic hydroxyl groups excluding tert-OH is 2. The second-order valence-corrected chi connectivity index (χ2v) is 7.71. The molecule has 3 saturated carbocycles. The molecule has 0 unspecified atom stereocenters. The minimum absolute atomic E-state index is 0.177. The summed E-state index contributed by atoms with van der Waals surface area (Å²) in [6, 6.07) is 0. The molecule has 4 heteroatoms. The lowest BCUT2D eigenvalue weighted by atomic mass is 9.63. The van der Waals surface area contributed by atoms with Gasteiger partial charge in [-0.25, -0.2) is 0 Å². The van der Waals surface area contributed by atoms with E-state index in [0.29, 0.717) is 36.9 Å². The van der Waals surface area contributed by atoms with Crippen molar-refractivity contribution in [1.29, 1.82) is 0 Å². The molecule has 0 bridgehead atoms. The predicted octanol–water partition coefficient (Wildman–Crippen LogP) is 1.54. The first kappa shape index (κ1) is 13.5. The van der Waals surface area contributed by atoms with Crippen LogP contribution in [-0.2, 0) is 9.47 Å². The fourth-order valence-corrected chi connectivity index (χ4v) is 6.00. The lowest BCUT2D eigenvalue weighted by Gasteiger charge is -2.44. The van der Waals surface area contributed by atoms with E-state index in [1.807, 2.05) is 0 Å². The zero-order chi connectivity index (χ0) is 14.1. The van der Waals surface area contributed by atoms with Gasteiger partial charge in [-0.15, -0.1) is 0 Å². The second-order valence-electron chi connectivity index (χ2n) is 7.71. The summed E-state index contributed by atoms with van der Waals surface area (Å²) in [6.07, 6.45) is 2.56. The first-order valence-electron chi connectivity index (χ1n) is 8.11. The highest BCUT2D eigenvalue weighted by molar-refractivity contribution is 5.13. The van der Waals surface area contributed by atoms with Crippen LogP contribution in [0, 0.1) is 29.1 Å². The van der Waals surface area contributed by atoms with E-state index >= 15 is 0 Å². The van der Waals surface area contributed by atoms with Crippen LogP contribution in [-0.4, -0.2) is 41.4 Å². The van der Waals surface area contributed by atoms with Crippen LogP contribution in [0.3, 0.4) is 0 Å². The number of hydrogen-bond acceptors (Lipinski definition) is 4. The van der Waals surface area contributed by atoms with E-state index in [1.165, 1.54) is 0 Å². The summed E-state index contributed by atoms with van der Waals surface area (Å²) in [6.45, 7) is 6.06. The van der Waals surface area contributed by atoms with Gasteiger partial charge in [0.15, 0.2) is 5.79 Å². The number of ether oxygens (including phenoxy) is 2. The van der Waals surface area contributed by atoms with Gasteiger partial charge in [-0.2, -0.15) is 0 Å². The molecule has 0 amide bonds. The maximum absolute atomic E-state index is 10.1. The Labute approximate surface area is 120 Å². The van der Waals surface area contributed by atoms with Gasteiger partial charge in [0.2, 0.25) is 0 Å². The Hall–Kier alpha value is -0.160. The molecule has 1 spiro atoms. The molecule has 3 aliphatic carbocycles. The molecule has 2 N–H and O–H groups in total. The molecular weight excluding hydrogens is 256 g/mol. The van der Waals surface area contributed by atoms with Crippen LogP contribution < -0.4 is 0 Å². The maximum Gasteiger partial charge on any atom is 0.171 e. The van der Waals surface area contributed by atoms with Gasteiger partial charge in [0, 0.05) is 12.3 Å². The van der Waals surface area contributed by atoms with E-state index < -0.39 is 12.2 Å². The lowest BCUT2D eigenvalue weighted by molar-refractivity contribution is -0.197. The molecule has 20 heavy (non-hydrogen) atoms. The van der Waals surface area contributed by atoms with Crippen molar-refractivity contribution >= 4 is 0 Å². The Morgan fingerprint density at radius 3 is 2.35 bits per heavy atom. The van der Waals surface area contributed by atoms with Crippen molar-refractivity contribution < 1.29 is 19.7 Å². The van der Waals surface area contributed by atoms with Crippen LogP contribution in [0.1, 0.15) is 39.5 Å². The summed E-state index contributed by atoms with van der Waals surface area (Å²) in [4.78, 5) is 0. The Balaban J connectivity index is 1.65. The summed E-state index contributed by atoms with van der Waals surface area (Å²) in [5, 5.41) is 20.0. The van der Waals surface area contributed by atoms with E-state index in [-0.39, 0.29) is 11.2 Å². The van der Waals surface area contributed by atoms with E-state index in [4.69, 9.17) is 9.47 Å². The Morgan fingerprint density at radius 2 is 1.65 bits per heavy atom. The summed E-state index contributed by atoms with van der Waals surface area (Å²) in [5.74, 6) is 1.64. The smallest absolute Gasteiger partial charge is 0.171 e. The number of rotatable bonds is 0. The maximum atomic E-state index is 10.1. The van der Waals surface area contributed by atoms with Gasteiger partial charge in [-0.3, -0.25) is 0 Å². The third kappa shape index (κ3) is 1.51. The van der Waals surface area contributed by atoms with Crippen molar-refractivity contribution in [2.75, 3.05) is 13.2 Å². The zero-order valence-corrected chi connectivity index (χ0v) is 12.4. The van der Waals surface area contributed by atoms with Gasteiger partial charge < -0.3 is 19.7 Å². The highest BCUT2D eigenvalue weighted by atomic mass is 16.7. The molecule has 7 atom stereocenters. The van der Waals surface area contributed by atoms with Crippen LogP contribution in [0.25, 0.3) is 0 Å². The van der Waals surface area contributed by atoms with E-state index in [2.05, 4.69) is 13.8 Å². The highest BCUT2D eigenvalue weighted by Gasteiger charge is 2.68. The third-order valence-electron chi connectivity index (χ3n) is 7.22. The van der Waals surface area contributed by atoms with E-state index in [0.717, 1.165) is 25.7 Å². The molecular formula is C16H26O4. The van der Waals surface area contributed by atoms with Gasteiger partial charge in [0.05, 0.1) is 25.4 Å². The molecule has 1 heterocycles. The summed E-state index contributed by atoms with van der Waals surface area (Å²) in [7, 11) is 0. The largest absolute Gasteiger partial charge is 0.390 e. The molecule has 0 aromatic carbocycles. The first-order chi connectivity index (χ1) is 9.47. The minimum Gasteiger partial charge on any atom is -0.390 e. The predicted molar refractivity (Wildman–Crippen MR) is 72.9 cm³/mol. The number of hydrogen-bond donors (Lipinski definition) is 2. The first-order valence-corrected chi connectivity index (χ1v) is 8.11. The molecule has 4 rings (SSSR count). The standard InChI is InChI=1S/C16H26O4/c1-9-15(2)11(8-16(9)19-3-4-20-16)5-10-6-13(17)14(18)7-12(10)15/h9-14,17-18H,3-8H2,1-2H3/t9-,10+,11+,12-,13+,14-,15-/m1/s1. The van der Waals surface area contributed by atoms with E-state index in [9.17, 15) is 10.2 Å². The fraction of sp³-hybridized carbons (Fsp3) is 1.00. The Bertz CT molecular complexity index is 405. The van der Waals surface area contributed by atoms with Crippen molar-refractivity contribution in [3.63, 3.8) is 0 Å². The Kier molecular flexibility index (Phi) is 2.83. The van der Waals surface area contributed by atoms with Gasteiger partial charge in [-0.1, -0.05) is 13.8 Å². The molecule has 4 nitrogen and oxygen atoms in total. The van der Waals surface area contributed by atoms with Crippen LogP contribution in [0.5, 0.6) is 0 Å². The van der Waals surface area contributed by atoms with Gasteiger partial charge in [-0.05, 0) is 42.4 Å². The van der Waals surface area contributed by atoms with Crippen LogP contribution in [0.4, 0.5) is 0 Å². The normalized spacial score (nSPS) is 57.0. The molecule has 0 radical (unpaired) electrons. The second kappa shape index (κ2) is 4.19. The van der Waals surface area contributed by atoms with Gasteiger partial charge in [0.1, 0.15) is 0 Å². The quantitative estimate of drug-likeness (QED) is 0.707. The topological polar surface area (TPSA) is 58.9 Å². The van der Waals surface area contributed by atoms with Crippen molar-refractivity contribution in [1.82, 2.24) is 0 Å². The third-order valence-corrected chi connectivity index (χ3v) is 7.22. The van der Waals surface area contributed by atoms with Crippen LogP contribution >= 0.6 is 0 Å². The summed E-state index contributed by atoms with van der Waals surface area (Å²) < 4.78 is 12.0. The minimum atomic E-state index is -0.555. The zero-order valence-electron chi connectivity index (χ0n) is 12.4. The average molecular weight is 282 g/mol. The van der Waals surface area contributed by atoms with Crippen molar-refractivity contribution in [3.05, 3.63) is 0 Å². The molecule has 4 aliphatic rings. The monoisotopic (exact) mass is 282 g/mol. The summed E-state index contributed by atoms with van der Waals surface area (Å²) in [5.41, 5.74) is 0.177. The SMILES string of the molecule is C[C@H]1C2(C[C@@H]3C[C@H]4C[C@H](O)[C@H](O)C[C@H]4[C@@]31C)OCCO2.